The number of hydrogen-bond acceptors (Lipinski definition) is 6. The molecule has 1 aromatic heterocycles. The van der Waals surface area contributed by atoms with Crippen LogP contribution in [0.15, 0.2) is 18.3 Å². The molecule has 0 aliphatic rings. The lowest BCUT2D eigenvalue weighted by atomic mass is 10.2. The minimum Gasteiger partial charge on any atom is -0.748 e. The summed E-state index contributed by atoms with van der Waals surface area (Å²) < 4.78 is 105. The summed E-state index contributed by atoms with van der Waals surface area (Å²) in [6.07, 6.45) is -14.2. The average molecular weight is 426 g/mol. The summed E-state index contributed by atoms with van der Waals surface area (Å²) in [6, 6.07) is 2.37. The summed E-state index contributed by atoms with van der Waals surface area (Å²) in [7, 11) is 1.30. The minimum absolute atomic E-state index is 0.253. The Kier molecular flexibility index (Phi) is 7.79. The molecule has 0 aromatic carbocycles. The molecule has 0 spiro atoms. The van der Waals surface area contributed by atoms with E-state index >= 15 is 0 Å². The minimum atomic E-state index is -5.75. The second-order valence-corrected chi connectivity index (χ2v) is 7.40. The first-order chi connectivity index (χ1) is 11.7. The largest absolute Gasteiger partial charge is 0.748 e. The van der Waals surface area contributed by atoms with Gasteiger partial charge in [-0.1, -0.05) is 0 Å². The third kappa shape index (κ3) is 10.1. The van der Waals surface area contributed by atoms with E-state index in [1.807, 2.05) is 0 Å². The van der Waals surface area contributed by atoms with E-state index in [-0.39, 0.29) is 4.48 Å². The van der Waals surface area contributed by atoms with Crippen LogP contribution in [0.2, 0.25) is 0 Å². The number of esters is 1. The number of aromatic nitrogens is 1. The predicted octanol–water partition coefficient (Wildman–Crippen LogP) is 2.09. The van der Waals surface area contributed by atoms with Gasteiger partial charge in [0.25, 0.3) is 6.10 Å². The Morgan fingerprint density at radius 1 is 1.11 bits per heavy atom. The first-order valence-electron chi connectivity index (χ1n) is 6.76. The van der Waals surface area contributed by atoms with Crippen molar-refractivity contribution in [3.05, 3.63) is 23.9 Å². The summed E-state index contributed by atoms with van der Waals surface area (Å²) in [6.45, 7) is 0. The number of carbonyl (C=O) groups is 1. The monoisotopic (exact) mass is 426 g/mol. The number of halogens is 6. The van der Waals surface area contributed by atoms with Gasteiger partial charge in [0.2, 0.25) is 5.82 Å². The third-order valence-corrected chi connectivity index (χ3v) is 2.49. The number of carbonyl (C=O) groups excluding carboxylic acids is 1. The van der Waals surface area contributed by atoms with Crippen molar-refractivity contribution in [2.75, 3.05) is 27.4 Å². The summed E-state index contributed by atoms with van der Waals surface area (Å²) in [5.74, 6) is -1.29. The molecule has 0 amide bonds. The highest BCUT2D eigenvalue weighted by atomic mass is 32.2. The maximum Gasteiger partial charge on any atom is 0.434 e. The molecule has 1 rings (SSSR count). The Hall–Kier alpha value is -1.93. The van der Waals surface area contributed by atoms with Gasteiger partial charge in [-0.25, -0.2) is 18.2 Å². The van der Waals surface area contributed by atoms with Crippen molar-refractivity contribution in [2.45, 2.75) is 18.5 Å². The van der Waals surface area contributed by atoms with Crippen molar-refractivity contribution in [1.82, 2.24) is 9.47 Å². The van der Waals surface area contributed by atoms with Crippen molar-refractivity contribution in [3.8, 4) is 0 Å². The Labute approximate surface area is 150 Å². The summed E-state index contributed by atoms with van der Waals surface area (Å²) in [5, 5.41) is 0. The van der Waals surface area contributed by atoms with Crippen molar-refractivity contribution in [1.29, 1.82) is 0 Å². The van der Waals surface area contributed by atoms with E-state index in [1.165, 1.54) is 6.07 Å². The molecule has 0 fully saturated rings. The zero-order valence-corrected chi connectivity index (χ0v) is 15.2. The molecule has 1 heterocycles. The van der Waals surface area contributed by atoms with E-state index in [0.717, 1.165) is 12.3 Å². The van der Waals surface area contributed by atoms with Crippen LogP contribution in [0.25, 0.3) is 0 Å². The van der Waals surface area contributed by atoms with Crippen molar-refractivity contribution >= 4 is 21.9 Å². The zero-order valence-electron chi connectivity index (χ0n) is 14.4. The highest BCUT2D eigenvalue weighted by Gasteiger charge is 2.59. The number of nitrogens with zero attached hydrogens (tertiary/aromatic N) is 2. The van der Waals surface area contributed by atoms with Gasteiger partial charge in [0.15, 0.2) is 0 Å². The summed E-state index contributed by atoms with van der Waals surface area (Å²) in [4.78, 5) is 15.3. The van der Waals surface area contributed by atoms with Gasteiger partial charge in [0.05, 0.1) is 36.8 Å². The van der Waals surface area contributed by atoms with Crippen LogP contribution in [0.5, 0.6) is 0 Å². The van der Waals surface area contributed by atoms with Gasteiger partial charge < -0.3 is 9.29 Å². The molecular formula is C13H16F6N2O5S. The number of alkyl halides is 6. The van der Waals surface area contributed by atoms with E-state index in [4.69, 9.17) is 13.0 Å². The quantitative estimate of drug-likeness (QED) is 0.318. The van der Waals surface area contributed by atoms with Gasteiger partial charge in [0.1, 0.15) is 0 Å². The van der Waals surface area contributed by atoms with Crippen LogP contribution in [0.4, 0.5) is 32.2 Å². The number of ether oxygens (including phenoxy) is 1. The number of quaternary nitrogens is 1. The summed E-state index contributed by atoms with van der Waals surface area (Å²) in [5.41, 5.74) is -0.504. The van der Waals surface area contributed by atoms with E-state index in [9.17, 15) is 31.1 Å². The van der Waals surface area contributed by atoms with Crippen LogP contribution in [-0.2, 0) is 14.9 Å². The molecule has 0 radical (unpaired) electrons. The SMILES string of the molecule is CS(=O)(=O)[O-].C[N+](C)(C)c1ccc(C(=O)OC(C(F)(F)F)C(F)(F)F)cn1. The lowest BCUT2D eigenvalue weighted by Crippen LogP contribution is -2.45. The molecule has 0 N–H and O–H groups in total. The molecule has 156 valence electrons. The summed E-state index contributed by atoms with van der Waals surface area (Å²) >= 11 is 0. The van der Waals surface area contributed by atoms with Crippen LogP contribution in [0, 0.1) is 0 Å². The molecule has 0 aliphatic heterocycles. The molecule has 7 nitrogen and oxygen atoms in total. The van der Waals surface area contributed by atoms with Gasteiger partial charge in [0, 0.05) is 18.5 Å². The van der Waals surface area contributed by atoms with Crippen molar-refractivity contribution < 1.29 is 48.8 Å². The average Bonchev–Trinajstić information content (AvgIpc) is 2.39. The van der Waals surface area contributed by atoms with Crippen LogP contribution in [0.1, 0.15) is 10.4 Å². The van der Waals surface area contributed by atoms with E-state index < -0.39 is 40.1 Å². The molecule has 0 saturated heterocycles. The maximum atomic E-state index is 12.3. The second-order valence-electron chi connectivity index (χ2n) is 5.99. The Balaban J connectivity index is 0.00000119. The van der Waals surface area contributed by atoms with Gasteiger partial charge in [-0.05, 0) is 6.07 Å². The molecule has 0 saturated carbocycles. The molecule has 0 unspecified atom stereocenters. The van der Waals surface area contributed by atoms with E-state index in [2.05, 4.69) is 9.72 Å². The lowest BCUT2D eigenvalue weighted by Gasteiger charge is -2.23. The smallest absolute Gasteiger partial charge is 0.434 e. The Bertz CT molecular complexity index is 716. The van der Waals surface area contributed by atoms with Crippen molar-refractivity contribution in [2.24, 2.45) is 0 Å². The molecular weight excluding hydrogens is 410 g/mol. The molecule has 14 heteroatoms. The molecule has 0 bridgehead atoms. The number of hydrogen-bond donors (Lipinski definition) is 0. The number of pyridine rings is 1. The highest BCUT2D eigenvalue weighted by Crippen LogP contribution is 2.36. The lowest BCUT2D eigenvalue weighted by molar-refractivity contribution is -0.307. The Morgan fingerprint density at radius 2 is 1.52 bits per heavy atom. The fraction of sp³-hybridized carbons (Fsp3) is 0.538. The fourth-order valence-corrected chi connectivity index (χ4v) is 1.40. The molecule has 1 aromatic rings. The topological polar surface area (TPSA) is 96.4 Å². The molecule has 0 atom stereocenters. The van der Waals surface area contributed by atoms with Crippen LogP contribution >= 0.6 is 0 Å². The Morgan fingerprint density at radius 3 is 1.78 bits per heavy atom. The van der Waals surface area contributed by atoms with Crippen LogP contribution in [0.3, 0.4) is 0 Å². The van der Waals surface area contributed by atoms with Crippen LogP contribution < -0.4 is 4.48 Å². The highest BCUT2D eigenvalue weighted by molar-refractivity contribution is 7.84. The van der Waals surface area contributed by atoms with E-state index in [1.54, 1.807) is 21.1 Å². The van der Waals surface area contributed by atoms with Crippen molar-refractivity contribution in [3.63, 3.8) is 0 Å². The standard InChI is InChI=1S/C12H13F6N2O2.CH4O3S/c1-20(2,3)8-5-4-7(6-19-8)9(21)22-10(11(13,14)15)12(16,17)18;1-5(2,3)4/h4-6,10H,1-3H3;1H3,(H,2,3,4)/q+1;/p-1. The zero-order chi connectivity index (χ0) is 21.8. The van der Waals surface area contributed by atoms with E-state index in [0.29, 0.717) is 12.1 Å². The maximum absolute atomic E-state index is 12.3. The molecule has 0 aliphatic carbocycles. The van der Waals surface area contributed by atoms with Gasteiger partial charge in [-0.3, -0.25) is 4.48 Å². The van der Waals surface area contributed by atoms with Gasteiger partial charge >= 0.3 is 18.3 Å². The fourth-order valence-electron chi connectivity index (χ4n) is 1.40. The first-order valence-corrected chi connectivity index (χ1v) is 8.58. The van der Waals surface area contributed by atoms with Gasteiger partial charge in [-0.2, -0.15) is 26.3 Å². The second kappa shape index (κ2) is 8.39. The third-order valence-electron chi connectivity index (χ3n) is 2.49. The predicted molar refractivity (Wildman–Crippen MR) is 80.7 cm³/mol. The van der Waals surface area contributed by atoms with Gasteiger partial charge in [-0.15, -0.1) is 0 Å². The number of rotatable bonds is 3. The molecule has 27 heavy (non-hydrogen) atoms. The first kappa shape index (κ1) is 25.1. The van der Waals surface area contributed by atoms with Crippen LogP contribution in [-0.4, -0.2) is 69.8 Å². The normalized spacial score (nSPS) is 13.0.